The lowest BCUT2D eigenvalue weighted by molar-refractivity contribution is -0.115. The standard InChI is InChI=1S/2C7H8O3S.C2H5NO/c2*1-6-2-4-7(5-3-6)11(8,9)10;1-2(3)4/h2*2-5H,1H3,(H,8,9,10);1H3,(H2,3,4). The number of hydrogen-bond donors (Lipinski definition) is 3. The second-order valence-corrected chi connectivity index (χ2v) is 8.03. The van der Waals surface area contributed by atoms with Crippen molar-refractivity contribution in [2.75, 3.05) is 0 Å². The highest BCUT2D eigenvalue weighted by Crippen LogP contribution is 2.09. The van der Waals surface area contributed by atoms with Gasteiger partial charge in [0.1, 0.15) is 0 Å². The van der Waals surface area contributed by atoms with E-state index >= 15 is 0 Å². The lowest BCUT2D eigenvalue weighted by atomic mass is 10.2. The van der Waals surface area contributed by atoms with Crippen LogP contribution in [0.1, 0.15) is 18.1 Å². The lowest BCUT2D eigenvalue weighted by Crippen LogP contribution is -2.01. The van der Waals surface area contributed by atoms with Crippen LogP contribution in [0.3, 0.4) is 0 Å². The fourth-order valence-corrected chi connectivity index (χ4v) is 2.38. The average molecular weight is 403 g/mol. The summed E-state index contributed by atoms with van der Waals surface area (Å²) in [5.41, 5.74) is 6.38. The van der Waals surface area contributed by atoms with Crippen molar-refractivity contribution in [2.45, 2.75) is 30.6 Å². The van der Waals surface area contributed by atoms with Gasteiger partial charge in [-0.25, -0.2) is 0 Å². The average Bonchev–Trinajstić information content (AvgIpc) is 2.46. The molecular formula is C16H21NO7S2. The fourth-order valence-electron chi connectivity index (χ4n) is 1.42. The normalized spacial score (nSPS) is 10.7. The van der Waals surface area contributed by atoms with Gasteiger partial charge in [0.25, 0.3) is 20.2 Å². The summed E-state index contributed by atoms with van der Waals surface area (Å²) in [5.74, 6) is -0.333. The molecule has 0 heterocycles. The maximum Gasteiger partial charge on any atom is 0.294 e. The zero-order valence-corrected chi connectivity index (χ0v) is 16.1. The van der Waals surface area contributed by atoms with E-state index in [0.717, 1.165) is 11.1 Å². The Labute approximate surface area is 153 Å². The smallest absolute Gasteiger partial charge is 0.294 e. The number of primary amides is 1. The number of aryl methyl sites for hydroxylation is 2. The molecule has 144 valence electrons. The summed E-state index contributed by atoms with van der Waals surface area (Å²) in [6.07, 6.45) is 0. The zero-order valence-electron chi connectivity index (χ0n) is 14.4. The molecule has 0 saturated heterocycles. The van der Waals surface area contributed by atoms with Gasteiger partial charge in [-0.1, -0.05) is 35.4 Å². The summed E-state index contributed by atoms with van der Waals surface area (Å²) in [5, 5.41) is 0. The molecule has 0 aliphatic heterocycles. The van der Waals surface area contributed by atoms with E-state index in [1.165, 1.54) is 31.2 Å². The number of rotatable bonds is 2. The molecule has 10 heteroatoms. The molecule has 1 amide bonds. The first-order valence-corrected chi connectivity index (χ1v) is 9.96. The highest BCUT2D eigenvalue weighted by Gasteiger charge is 2.07. The first-order valence-electron chi connectivity index (χ1n) is 7.08. The van der Waals surface area contributed by atoms with Gasteiger partial charge in [0, 0.05) is 6.92 Å². The van der Waals surface area contributed by atoms with E-state index < -0.39 is 20.2 Å². The van der Waals surface area contributed by atoms with Gasteiger partial charge in [-0.05, 0) is 38.1 Å². The van der Waals surface area contributed by atoms with E-state index in [1.54, 1.807) is 24.3 Å². The highest BCUT2D eigenvalue weighted by molar-refractivity contribution is 7.86. The van der Waals surface area contributed by atoms with Gasteiger partial charge in [-0.2, -0.15) is 16.8 Å². The first-order chi connectivity index (χ1) is 11.7. The summed E-state index contributed by atoms with van der Waals surface area (Å²) in [6, 6.07) is 12.0. The van der Waals surface area contributed by atoms with Crippen LogP contribution in [0.4, 0.5) is 0 Å². The third kappa shape index (κ3) is 10.6. The molecule has 0 aliphatic carbocycles. The van der Waals surface area contributed by atoms with Crippen LogP contribution < -0.4 is 5.73 Å². The minimum atomic E-state index is -4.02. The monoisotopic (exact) mass is 403 g/mol. The van der Waals surface area contributed by atoms with Crippen LogP contribution in [-0.4, -0.2) is 31.8 Å². The topological polar surface area (TPSA) is 152 Å². The summed E-state index contributed by atoms with van der Waals surface area (Å²) in [6.45, 7) is 4.99. The van der Waals surface area contributed by atoms with E-state index in [4.69, 9.17) is 9.11 Å². The fraction of sp³-hybridized carbons (Fsp3) is 0.188. The molecule has 2 aromatic carbocycles. The minimum Gasteiger partial charge on any atom is -0.370 e. The molecule has 0 saturated carbocycles. The predicted molar refractivity (Wildman–Crippen MR) is 96.9 cm³/mol. The number of carbonyl (C=O) groups excluding carboxylic acids is 1. The molecule has 0 radical (unpaired) electrons. The van der Waals surface area contributed by atoms with E-state index in [9.17, 15) is 21.6 Å². The molecule has 0 aromatic heterocycles. The Kier molecular flexibility index (Phi) is 9.14. The van der Waals surface area contributed by atoms with Crippen LogP contribution in [0.2, 0.25) is 0 Å². The van der Waals surface area contributed by atoms with Gasteiger partial charge in [-0.15, -0.1) is 0 Å². The largest absolute Gasteiger partial charge is 0.370 e. The molecule has 0 bridgehead atoms. The number of benzene rings is 2. The number of carbonyl (C=O) groups is 1. The summed E-state index contributed by atoms with van der Waals surface area (Å²) in [7, 11) is -8.04. The maximum absolute atomic E-state index is 10.5. The van der Waals surface area contributed by atoms with Crippen molar-refractivity contribution in [2.24, 2.45) is 5.73 Å². The van der Waals surface area contributed by atoms with Gasteiger partial charge in [0.05, 0.1) is 9.79 Å². The molecule has 0 spiro atoms. The molecular weight excluding hydrogens is 382 g/mol. The van der Waals surface area contributed by atoms with Crippen LogP contribution in [0.25, 0.3) is 0 Å². The SMILES string of the molecule is CC(N)=O.Cc1ccc(S(=O)(=O)O)cc1.Cc1ccc(S(=O)(=O)O)cc1. The predicted octanol–water partition coefficient (Wildman–Crippen LogP) is 1.98. The summed E-state index contributed by atoms with van der Waals surface area (Å²) < 4.78 is 59.1. The van der Waals surface area contributed by atoms with Gasteiger partial charge in [0.15, 0.2) is 0 Å². The van der Waals surface area contributed by atoms with Crippen molar-refractivity contribution in [3.8, 4) is 0 Å². The van der Waals surface area contributed by atoms with E-state index in [1.807, 2.05) is 13.8 Å². The van der Waals surface area contributed by atoms with Crippen LogP contribution in [0, 0.1) is 13.8 Å². The van der Waals surface area contributed by atoms with Gasteiger partial charge in [-0.3, -0.25) is 13.9 Å². The van der Waals surface area contributed by atoms with Gasteiger partial charge in [0.2, 0.25) is 5.91 Å². The Morgan fingerprint density at radius 3 is 1.08 bits per heavy atom. The Bertz CT molecular complexity index is 840. The molecule has 8 nitrogen and oxygen atoms in total. The van der Waals surface area contributed by atoms with Crippen LogP contribution in [0.15, 0.2) is 58.3 Å². The second-order valence-electron chi connectivity index (χ2n) is 5.19. The van der Waals surface area contributed by atoms with Crippen LogP contribution in [0.5, 0.6) is 0 Å². The maximum atomic E-state index is 10.5. The molecule has 4 N–H and O–H groups in total. The number of amides is 1. The lowest BCUT2D eigenvalue weighted by Gasteiger charge is -1.95. The quantitative estimate of drug-likeness (QED) is 0.648. The molecule has 0 fully saturated rings. The molecule has 26 heavy (non-hydrogen) atoms. The Hall–Kier alpha value is -2.27. The van der Waals surface area contributed by atoms with Gasteiger partial charge >= 0.3 is 0 Å². The molecule has 2 aromatic rings. The zero-order chi connectivity index (χ0) is 20.5. The van der Waals surface area contributed by atoms with Crippen LogP contribution in [-0.2, 0) is 25.0 Å². The third-order valence-corrected chi connectivity index (χ3v) is 4.37. The molecule has 2 rings (SSSR count). The summed E-state index contributed by atoms with van der Waals surface area (Å²) >= 11 is 0. The Morgan fingerprint density at radius 2 is 0.923 bits per heavy atom. The van der Waals surface area contributed by atoms with E-state index in [2.05, 4.69) is 5.73 Å². The Balaban J connectivity index is 0.000000401. The van der Waals surface area contributed by atoms with Crippen molar-refractivity contribution < 1.29 is 30.7 Å². The molecule has 0 aliphatic rings. The van der Waals surface area contributed by atoms with Gasteiger partial charge < -0.3 is 5.73 Å². The second kappa shape index (κ2) is 10.0. The summed E-state index contributed by atoms with van der Waals surface area (Å²) in [4.78, 5) is 9.09. The van der Waals surface area contributed by atoms with Crippen LogP contribution >= 0.6 is 0 Å². The van der Waals surface area contributed by atoms with Crippen molar-refractivity contribution in [3.05, 3.63) is 59.7 Å². The highest BCUT2D eigenvalue weighted by atomic mass is 32.2. The van der Waals surface area contributed by atoms with Crippen molar-refractivity contribution in [1.82, 2.24) is 0 Å². The Morgan fingerprint density at radius 1 is 0.731 bits per heavy atom. The first kappa shape index (κ1) is 23.7. The van der Waals surface area contributed by atoms with Crippen molar-refractivity contribution in [1.29, 1.82) is 0 Å². The number of nitrogens with two attached hydrogens (primary N) is 1. The molecule has 0 unspecified atom stereocenters. The van der Waals surface area contributed by atoms with Crippen molar-refractivity contribution >= 4 is 26.1 Å². The third-order valence-electron chi connectivity index (χ3n) is 2.64. The van der Waals surface area contributed by atoms with Crippen molar-refractivity contribution in [3.63, 3.8) is 0 Å². The van der Waals surface area contributed by atoms with E-state index in [0.29, 0.717) is 0 Å². The minimum absolute atomic E-state index is 0.0666. The van der Waals surface area contributed by atoms with E-state index in [-0.39, 0.29) is 15.7 Å². The number of hydrogen-bond acceptors (Lipinski definition) is 5. The molecule has 0 atom stereocenters.